The predicted molar refractivity (Wildman–Crippen MR) is 60.9 cm³/mol. The Hall–Kier alpha value is -0.790. The molecular weight excluding hydrogens is 242 g/mol. The van der Waals surface area contributed by atoms with Gasteiger partial charge in [-0.1, -0.05) is 5.92 Å². The van der Waals surface area contributed by atoms with Gasteiger partial charge in [0.1, 0.15) is 0 Å². The lowest BCUT2D eigenvalue weighted by Gasteiger charge is -2.04. The summed E-state index contributed by atoms with van der Waals surface area (Å²) in [4.78, 5) is 0. The van der Waals surface area contributed by atoms with Gasteiger partial charge < -0.3 is 5.32 Å². The van der Waals surface area contributed by atoms with E-state index in [9.17, 15) is 0 Å². The topological polar surface area (TPSA) is 29.9 Å². The molecule has 3 nitrogen and oxygen atoms in total. The fourth-order valence-electron chi connectivity index (χ4n) is 1.29. The van der Waals surface area contributed by atoms with Gasteiger partial charge in [-0.3, -0.25) is 4.68 Å². The summed E-state index contributed by atoms with van der Waals surface area (Å²) in [5.41, 5.74) is 2.17. The van der Waals surface area contributed by atoms with Gasteiger partial charge in [-0.15, -0.1) is 6.42 Å². The van der Waals surface area contributed by atoms with Gasteiger partial charge >= 0.3 is 0 Å². The van der Waals surface area contributed by atoms with E-state index in [-0.39, 0.29) is 0 Å². The molecule has 0 aliphatic heterocycles. The minimum Gasteiger partial charge on any atom is -0.301 e. The van der Waals surface area contributed by atoms with Crippen LogP contribution in [0.15, 0.2) is 4.47 Å². The average Bonchev–Trinajstić information content (AvgIpc) is 2.45. The maximum absolute atomic E-state index is 5.16. The summed E-state index contributed by atoms with van der Waals surface area (Å²) in [5.74, 6) is 2.55. The molecule has 0 saturated carbocycles. The number of aromatic nitrogens is 2. The van der Waals surface area contributed by atoms with Crippen molar-refractivity contribution in [2.45, 2.75) is 26.9 Å². The molecule has 0 bridgehead atoms. The van der Waals surface area contributed by atoms with E-state index in [0.717, 1.165) is 29.0 Å². The summed E-state index contributed by atoms with van der Waals surface area (Å²) < 4.78 is 3.05. The number of nitrogens with zero attached hydrogens (tertiary/aromatic N) is 2. The first-order valence-corrected chi connectivity index (χ1v) is 5.36. The van der Waals surface area contributed by atoms with Gasteiger partial charge in [0.15, 0.2) is 0 Å². The Kier molecular flexibility index (Phi) is 4.18. The third-order valence-corrected chi connectivity index (χ3v) is 3.00. The van der Waals surface area contributed by atoms with Crippen molar-refractivity contribution in [3.63, 3.8) is 0 Å². The highest BCUT2D eigenvalue weighted by molar-refractivity contribution is 9.10. The molecule has 0 aliphatic rings. The smallest absolute Gasteiger partial charge is 0.0739 e. The van der Waals surface area contributed by atoms with E-state index >= 15 is 0 Å². The van der Waals surface area contributed by atoms with E-state index in [0.29, 0.717) is 6.54 Å². The lowest BCUT2D eigenvalue weighted by molar-refractivity contribution is 0.593. The van der Waals surface area contributed by atoms with Crippen LogP contribution in [0.5, 0.6) is 0 Å². The van der Waals surface area contributed by atoms with Crippen LogP contribution in [0, 0.1) is 19.3 Å². The summed E-state index contributed by atoms with van der Waals surface area (Å²) >= 11 is 3.52. The summed E-state index contributed by atoms with van der Waals surface area (Å²) in [6.07, 6.45) is 5.16. The average molecular weight is 256 g/mol. The van der Waals surface area contributed by atoms with Gasteiger partial charge in [0, 0.05) is 13.1 Å². The molecule has 0 amide bonds. The highest BCUT2D eigenvalue weighted by Crippen LogP contribution is 2.20. The standard InChI is InChI=1S/C10H14BrN3/c1-4-6-12-7-9-10(11)8(3)13-14(9)5-2/h1,12H,5-7H2,2-3H3. The Bertz CT molecular complexity index is 349. The molecule has 1 heterocycles. The fraction of sp³-hybridized carbons (Fsp3) is 0.500. The number of hydrogen-bond donors (Lipinski definition) is 1. The zero-order valence-electron chi connectivity index (χ0n) is 8.47. The number of terminal acetylenes is 1. The van der Waals surface area contributed by atoms with Gasteiger partial charge in [-0.25, -0.2) is 0 Å². The third-order valence-electron chi connectivity index (χ3n) is 1.97. The van der Waals surface area contributed by atoms with Gasteiger partial charge in [0.2, 0.25) is 0 Å². The Labute approximate surface area is 93.0 Å². The molecule has 1 rings (SSSR count). The summed E-state index contributed by atoms with van der Waals surface area (Å²) in [7, 11) is 0. The van der Waals surface area contributed by atoms with E-state index < -0.39 is 0 Å². The Morgan fingerprint density at radius 1 is 1.64 bits per heavy atom. The fourth-order valence-corrected chi connectivity index (χ4v) is 1.72. The molecule has 0 fully saturated rings. The second-order valence-corrected chi connectivity index (χ2v) is 3.76. The highest BCUT2D eigenvalue weighted by Gasteiger charge is 2.10. The first-order valence-electron chi connectivity index (χ1n) is 4.56. The summed E-state index contributed by atoms with van der Waals surface area (Å²) in [6, 6.07) is 0. The molecule has 4 heteroatoms. The van der Waals surface area contributed by atoms with Crippen molar-refractivity contribution >= 4 is 15.9 Å². The van der Waals surface area contributed by atoms with Crippen LogP contribution in [0.4, 0.5) is 0 Å². The molecule has 76 valence electrons. The summed E-state index contributed by atoms with van der Waals surface area (Å²) in [5, 5.41) is 7.54. The molecule has 0 spiro atoms. The van der Waals surface area contributed by atoms with Crippen molar-refractivity contribution < 1.29 is 0 Å². The minimum absolute atomic E-state index is 0.584. The normalized spacial score (nSPS) is 10.1. The number of hydrogen-bond acceptors (Lipinski definition) is 2. The molecule has 1 aromatic heterocycles. The van der Waals surface area contributed by atoms with Crippen LogP contribution in [-0.4, -0.2) is 16.3 Å². The van der Waals surface area contributed by atoms with Crippen LogP contribution in [-0.2, 0) is 13.1 Å². The molecule has 14 heavy (non-hydrogen) atoms. The molecule has 0 atom stereocenters. The van der Waals surface area contributed by atoms with Crippen molar-refractivity contribution in [1.82, 2.24) is 15.1 Å². The maximum Gasteiger partial charge on any atom is 0.0739 e. The van der Waals surface area contributed by atoms with Crippen molar-refractivity contribution in [1.29, 1.82) is 0 Å². The highest BCUT2D eigenvalue weighted by atomic mass is 79.9. The molecule has 0 unspecified atom stereocenters. The van der Waals surface area contributed by atoms with Gasteiger partial charge in [-0.2, -0.15) is 5.10 Å². The molecule has 1 N–H and O–H groups in total. The Balaban J connectivity index is 2.78. The number of nitrogens with one attached hydrogen (secondary N) is 1. The van der Waals surface area contributed by atoms with E-state index in [1.807, 2.05) is 11.6 Å². The van der Waals surface area contributed by atoms with E-state index in [1.165, 1.54) is 0 Å². The van der Waals surface area contributed by atoms with Crippen molar-refractivity contribution in [3.8, 4) is 12.3 Å². The number of halogens is 1. The number of rotatable bonds is 4. The first kappa shape index (κ1) is 11.3. The zero-order chi connectivity index (χ0) is 10.6. The monoisotopic (exact) mass is 255 g/mol. The number of aryl methyl sites for hydroxylation is 2. The summed E-state index contributed by atoms with van der Waals surface area (Å²) in [6.45, 7) is 6.27. The Morgan fingerprint density at radius 2 is 2.36 bits per heavy atom. The van der Waals surface area contributed by atoms with Crippen LogP contribution in [0.1, 0.15) is 18.3 Å². The molecule has 0 saturated heterocycles. The van der Waals surface area contributed by atoms with E-state index in [1.54, 1.807) is 0 Å². The van der Waals surface area contributed by atoms with Crippen LogP contribution in [0.25, 0.3) is 0 Å². The first-order chi connectivity index (χ1) is 6.70. The van der Waals surface area contributed by atoms with E-state index in [4.69, 9.17) is 6.42 Å². The lowest BCUT2D eigenvalue weighted by Crippen LogP contribution is -2.16. The van der Waals surface area contributed by atoms with Crippen LogP contribution in [0.3, 0.4) is 0 Å². The van der Waals surface area contributed by atoms with Gasteiger partial charge in [0.05, 0.1) is 22.4 Å². The SMILES string of the molecule is C#CCNCc1c(Br)c(C)nn1CC. The predicted octanol–water partition coefficient (Wildman–Crippen LogP) is 1.70. The Morgan fingerprint density at radius 3 is 2.93 bits per heavy atom. The molecular formula is C10H14BrN3. The molecule has 1 aromatic rings. The second-order valence-electron chi connectivity index (χ2n) is 2.97. The van der Waals surface area contributed by atoms with E-state index in [2.05, 4.69) is 39.2 Å². The molecule has 0 radical (unpaired) electrons. The van der Waals surface area contributed by atoms with Crippen molar-refractivity contribution in [2.75, 3.05) is 6.54 Å². The third kappa shape index (κ3) is 2.37. The van der Waals surface area contributed by atoms with Crippen molar-refractivity contribution in [2.24, 2.45) is 0 Å². The second kappa shape index (κ2) is 5.18. The molecule has 0 aromatic carbocycles. The zero-order valence-corrected chi connectivity index (χ0v) is 10.1. The van der Waals surface area contributed by atoms with Crippen LogP contribution in [0.2, 0.25) is 0 Å². The lowest BCUT2D eigenvalue weighted by atomic mass is 10.3. The van der Waals surface area contributed by atoms with Gasteiger partial charge in [0.25, 0.3) is 0 Å². The van der Waals surface area contributed by atoms with Gasteiger partial charge in [-0.05, 0) is 29.8 Å². The van der Waals surface area contributed by atoms with Crippen LogP contribution >= 0.6 is 15.9 Å². The van der Waals surface area contributed by atoms with Crippen molar-refractivity contribution in [3.05, 3.63) is 15.9 Å². The van der Waals surface area contributed by atoms with Crippen LogP contribution < -0.4 is 5.32 Å². The largest absolute Gasteiger partial charge is 0.301 e. The quantitative estimate of drug-likeness (QED) is 0.656. The molecule has 0 aliphatic carbocycles. The minimum atomic E-state index is 0.584. The maximum atomic E-state index is 5.16.